The molecule has 0 aliphatic rings. The molecule has 7 heteroatoms. The zero-order valence-electron chi connectivity index (χ0n) is 10.9. The van der Waals surface area contributed by atoms with E-state index in [1.165, 1.54) is 6.20 Å². The van der Waals surface area contributed by atoms with Crippen LogP contribution in [-0.4, -0.2) is 27.1 Å². The summed E-state index contributed by atoms with van der Waals surface area (Å²) in [4.78, 5) is 12.0. The molecule has 0 saturated carbocycles. The average molecular weight is 273 g/mol. The van der Waals surface area contributed by atoms with E-state index in [4.69, 9.17) is 10.9 Å². The minimum atomic E-state index is -0.222. The van der Waals surface area contributed by atoms with Gasteiger partial charge < -0.3 is 16.3 Å². The van der Waals surface area contributed by atoms with E-state index in [0.29, 0.717) is 23.4 Å². The van der Waals surface area contributed by atoms with Crippen LogP contribution in [0.15, 0.2) is 35.6 Å². The summed E-state index contributed by atoms with van der Waals surface area (Å²) in [5.41, 5.74) is 8.20. The Morgan fingerprint density at radius 1 is 1.45 bits per heavy atom. The minimum absolute atomic E-state index is 0.135. The number of nitrogens with zero attached hydrogens (tertiary/aromatic N) is 2. The maximum atomic E-state index is 12.0. The molecule has 1 amide bonds. The molecule has 2 rings (SSSR count). The Hall–Kier alpha value is -2.83. The summed E-state index contributed by atoms with van der Waals surface area (Å²) in [6.07, 6.45) is 1.84. The predicted octanol–water partition coefficient (Wildman–Crippen LogP) is 1.26. The summed E-state index contributed by atoms with van der Waals surface area (Å²) in [5.74, 6) is -0.0868. The highest BCUT2D eigenvalue weighted by Gasteiger charge is 2.10. The number of H-pyrrole nitrogens is 1. The standard InChI is InChI=1S/C13H15N5O2/c1-8-11(7-15-17-8)13(19)16-10-4-2-9(3-5-10)6-12(14)18-20/h2-5,7,20H,6H2,1H3,(H2,14,18)(H,15,17)(H,16,19). The van der Waals surface area contributed by atoms with Gasteiger partial charge in [-0.05, 0) is 24.6 Å². The molecule has 0 aliphatic heterocycles. The highest BCUT2D eigenvalue weighted by Crippen LogP contribution is 2.12. The highest BCUT2D eigenvalue weighted by molar-refractivity contribution is 6.04. The van der Waals surface area contributed by atoms with Gasteiger partial charge in [0.05, 0.1) is 11.8 Å². The molecule has 0 atom stereocenters. The van der Waals surface area contributed by atoms with Crippen LogP contribution in [0.1, 0.15) is 21.6 Å². The van der Waals surface area contributed by atoms with Crippen molar-refractivity contribution in [3.05, 3.63) is 47.3 Å². The molecule has 0 radical (unpaired) electrons. The number of amides is 1. The fourth-order valence-corrected chi connectivity index (χ4v) is 1.73. The van der Waals surface area contributed by atoms with Crippen LogP contribution in [0.2, 0.25) is 0 Å². The van der Waals surface area contributed by atoms with Crippen LogP contribution in [0.25, 0.3) is 0 Å². The number of benzene rings is 1. The second kappa shape index (κ2) is 5.87. The molecule has 1 aromatic heterocycles. The van der Waals surface area contributed by atoms with Crippen molar-refractivity contribution in [2.45, 2.75) is 13.3 Å². The van der Waals surface area contributed by atoms with Crippen molar-refractivity contribution in [2.24, 2.45) is 10.9 Å². The van der Waals surface area contributed by atoms with E-state index in [0.717, 1.165) is 5.56 Å². The van der Waals surface area contributed by atoms with Crippen molar-refractivity contribution in [3.8, 4) is 0 Å². The van der Waals surface area contributed by atoms with E-state index >= 15 is 0 Å². The molecule has 5 N–H and O–H groups in total. The molecular formula is C13H15N5O2. The number of carbonyl (C=O) groups is 1. The lowest BCUT2D eigenvalue weighted by molar-refractivity contribution is 0.102. The van der Waals surface area contributed by atoms with Gasteiger partial charge in [0.25, 0.3) is 5.91 Å². The predicted molar refractivity (Wildman–Crippen MR) is 74.8 cm³/mol. The van der Waals surface area contributed by atoms with E-state index in [-0.39, 0.29) is 11.7 Å². The highest BCUT2D eigenvalue weighted by atomic mass is 16.4. The lowest BCUT2D eigenvalue weighted by Crippen LogP contribution is -2.15. The normalized spacial score (nSPS) is 11.3. The Balaban J connectivity index is 2.04. The minimum Gasteiger partial charge on any atom is -0.409 e. The van der Waals surface area contributed by atoms with Gasteiger partial charge in [0.1, 0.15) is 5.84 Å². The maximum absolute atomic E-state index is 12.0. The molecule has 0 unspecified atom stereocenters. The Morgan fingerprint density at radius 3 is 2.70 bits per heavy atom. The molecule has 2 aromatic rings. The summed E-state index contributed by atoms with van der Waals surface area (Å²) in [7, 11) is 0. The maximum Gasteiger partial charge on any atom is 0.259 e. The third-order valence-electron chi connectivity index (χ3n) is 2.80. The van der Waals surface area contributed by atoms with Gasteiger partial charge in [-0.25, -0.2) is 0 Å². The zero-order chi connectivity index (χ0) is 14.5. The molecule has 20 heavy (non-hydrogen) atoms. The zero-order valence-corrected chi connectivity index (χ0v) is 10.9. The third-order valence-corrected chi connectivity index (χ3v) is 2.80. The Labute approximate surface area is 115 Å². The largest absolute Gasteiger partial charge is 0.409 e. The van der Waals surface area contributed by atoms with Crippen molar-refractivity contribution in [1.29, 1.82) is 0 Å². The Kier molecular flexibility index (Phi) is 3.99. The van der Waals surface area contributed by atoms with Gasteiger partial charge in [-0.2, -0.15) is 5.10 Å². The number of aromatic nitrogens is 2. The Morgan fingerprint density at radius 2 is 2.15 bits per heavy atom. The molecule has 0 saturated heterocycles. The first kappa shape index (κ1) is 13.6. The van der Waals surface area contributed by atoms with Gasteiger partial charge in [0.15, 0.2) is 0 Å². The number of nitrogens with one attached hydrogen (secondary N) is 2. The summed E-state index contributed by atoms with van der Waals surface area (Å²) in [5, 5.41) is 20.7. The smallest absolute Gasteiger partial charge is 0.259 e. The van der Waals surface area contributed by atoms with Crippen LogP contribution in [0.3, 0.4) is 0 Å². The first-order valence-corrected chi connectivity index (χ1v) is 5.97. The average Bonchev–Trinajstić information content (AvgIpc) is 2.87. The van der Waals surface area contributed by atoms with E-state index in [1.807, 2.05) is 0 Å². The topological polar surface area (TPSA) is 116 Å². The molecule has 104 valence electrons. The van der Waals surface area contributed by atoms with Crippen molar-refractivity contribution in [3.63, 3.8) is 0 Å². The number of rotatable bonds is 4. The van der Waals surface area contributed by atoms with Gasteiger partial charge in [-0.1, -0.05) is 17.3 Å². The van der Waals surface area contributed by atoms with Crippen molar-refractivity contribution < 1.29 is 10.0 Å². The van der Waals surface area contributed by atoms with Crippen molar-refractivity contribution >= 4 is 17.4 Å². The first-order chi connectivity index (χ1) is 9.60. The number of carbonyl (C=O) groups excluding carboxylic acids is 1. The fraction of sp³-hybridized carbons (Fsp3) is 0.154. The van der Waals surface area contributed by atoms with Crippen LogP contribution >= 0.6 is 0 Å². The lowest BCUT2D eigenvalue weighted by atomic mass is 10.1. The fourth-order valence-electron chi connectivity index (χ4n) is 1.73. The molecule has 1 aromatic carbocycles. The van der Waals surface area contributed by atoms with E-state index < -0.39 is 0 Å². The molecule has 7 nitrogen and oxygen atoms in total. The van der Waals surface area contributed by atoms with Gasteiger partial charge in [-0.15, -0.1) is 0 Å². The number of amidine groups is 1. The monoisotopic (exact) mass is 273 g/mol. The molecule has 0 spiro atoms. The molecule has 0 aliphatic carbocycles. The number of aromatic amines is 1. The number of hydrogen-bond acceptors (Lipinski definition) is 4. The first-order valence-electron chi connectivity index (χ1n) is 5.97. The molecule has 1 heterocycles. The summed E-state index contributed by atoms with van der Waals surface area (Å²) in [6, 6.07) is 7.12. The van der Waals surface area contributed by atoms with Crippen LogP contribution in [0.5, 0.6) is 0 Å². The summed E-state index contributed by atoms with van der Waals surface area (Å²) >= 11 is 0. The van der Waals surface area contributed by atoms with Crippen LogP contribution < -0.4 is 11.1 Å². The Bertz CT molecular complexity index is 630. The molecular weight excluding hydrogens is 258 g/mol. The van der Waals surface area contributed by atoms with Gasteiger partial charge in [0, 0.05) is 17.8 Å². The number of hydrogen-bond donors (Lipinski definition) is 4. The second-order valence-electron chi connectivity index (χ2n) is 4.33. The van der Waals surface area contributed by atoms with Crippen molar-refractivity contribution in [1.82, 2.24) is 10.2 Å². The van der Waals surface area contributed by atoms with E-state index in [2.05, 4.69) is 20.7 Å². The number of nitrogens with two attached hydrogens (primary N) is 1. The quantitative estimate of drug-likeness (QED) is 0.290. The lowest BCUT2D eigenvalue weighted by Gasteiger charge is -2.06. The number of anilines is 1. The summed E-state index contributed by atoms with van der Waals surface area (Å²) < 4.78 is 0. The van der Waals surface area contributed by atoms with Crippen LogP contribution in [0.4, 0.5) is 5.69 Å². The van der Waals surface area contributed by atoms with Gasteiger partial charge in [0.2, 0.25) is 0 Å². The van der Waals surface area contributed by atoms with Gasteiger partial charge in [-0.3, -0.25) is 9.89 Å². The van der Waals surface area contributed by atoms with Crippen LogP contribution in [0, 0.1) is 6.92 Å². The SMILES string of the molecule is Cc1[nH]ncc1C(=O)Nc1ccc(CC(N)=NO)cc1. The number of oxime groups is 1. The number of aryl methyl sites for hydroxylation is 1. The van der Waals surface area contributed by atoms with E-state index in [9.17, 15) is 4.79 Å². The van der Waals surface area contributed by atoms with Gasteiger partial charge >= 0.3 is 0 Å². The van der Waals surface area contributed by atoms with Crippen LogP contribution in [-0.2, 0) is 6.42 Å². The molecule has 0 bridgehead atoms. The van der Waals surface area contributed by atoms with Crippen molar-refractivity contribution in [2.75, 3.05) is 5.32 Å². The summed E-state index contributed by atoms with van der Waals surface area (Å²) in [6.45, 7) is 1.78. The second-order valence-corrected chi connectivity index (χ2v) is 4.33. The van der Waals surface area contributed by atoms with E-state index in [1.54, 1.807) is 31.2 Å². The third kappa shape index (κ3) is 3.14. The molecule has 0 fully saturated rings.